The zero-order chi connectivity index (χ0) is 40.3. The van der Waals surface area contributed by atoms with Crippen molar-refractivity contribution in [3.63, 3.8) is 0 Å². The molecule has 2 aliphatic heterocycles. The minimum atomic E-state index is -0.844. The standard InChI is InChI=1S/C16H26N4O5S2.C11H16N2O3.C5H10N2O2S/c1-3-4-6-17-13(22)5-7-20-14(23)8-12(15(20)24)27-16(25)11(9-26)19-18-10(2)21;1-2-3-7-12-9(14)6-8-13-10(15)4-5-11(13)16;1-4(9)6-7-5(2-8)3-10/h11-12,19,26H,3-9H2,1-2H3,(H,17,22)(H,18,21);4-5H,2-3,6-8H2,1H3,(H,12,14);2,5,7,10H,3H2,1H3,(H,6,9)/p-1/t11-,12?;;/m1../s1. The van der Waals surface area contributed by atoms with Crippen molar-refractivity contribution in [2.24, 2.45) is 5.10 Å². The third-order valence-corrected chi connectivity index (χ3v) is 8.76. The summed E-state index contributed by atoms with van der Waals surface area (Å²) in [7, 11) is 0. The average Bonchev–Trinajstić information content (AvgIpc) is 3.57. The lowest BCUT2D eigenvalue weighted by molar-refractivity contribution is -0.216. The zero-order valence-electron chi connectivity index (χ0n) is 30.4. The lowest BCUT2D eigenvalue weighted by atomic mass is 10.3. The molecule has 2 heterocycles. The van der Waals surface area contributed by atoms with Gasteiger partial charge in [-0.15, -0.1) is 0 Å². The largest absolute Gasteiger partial charge is 0.861 e. The summed E-state index contributed by atoms with van der Waals surface area (Å²) in [6.45, 7) is 8.00. The highest BCUT2D eigenvalue weighted by molar-refractivity contribution is 8.15. The maximum absolute atomic E-state index is 12.4. The molecule has 2 rings (SSSR count). The molecule has 7 amide bonds. The van der Waals surface area contributed by atoms with E-state index in [9.17, 15) is 48.3 Å². The number of hydrogen-bond acceptors (Lipinski definition) is 16. The van der Waals surface area contributed by atoms with Gasteiger partial charge < -0.3 is 20.5 Å². The molecule has 0 radical (unpaired) electrons. The fourth-order valence-electron chi connectivity index (χ4n) is 3.92. The van der Waals surface area contributed by atoms with E-state index < -0.39 is 40.2 Å². The second-order valence-corrected chi connectivity index (χ2v) is 13.3. The molecule has 21 heteroatoms. The van der Waals surface area contributed by atoms with Gasteiger partial charge in [0, 0.05) is 76.0 Å². The van der Waals surface area contributed by atoms with Crippen LogP contribution in [-0.2, 0) is 43.2 Å². The molecule has 3 atom stereocenters. The normalized spacial score (nSPS) is 16.2. The van der Waals surface area contributed by atoms with Crippen LogP contribution in [0.1, 0.15) is 72.6 Å². The SMILES string of the molecule is CC(=O)NNC(C=O)CS.CCCCNC(=O)CCN1C(=O)C=CC1=O.CCCCNC(=O)CCN1C(=O)CC(SC(=O)[C@@H](CS)NN=C(C)[O-])C1=O. The van der Waals surface area contributed by atoms with Crippen LogP contribution in [0.4, 0.5) is 0 Å². The Kier molecular flexibility index (Phi) is 26.4. The van der Waals surface area contributed by atoms with E-state index in [4.69, 9.17) is 0 Å². The van der Waals surface area contributed by atoms with E-state index in [-0.39, 0.29) is 67.6 Å². The van der Waals surface area contributed by atoms with E-state index in [2.05, 4.69) is 57.3 Å². The number of hydrazine groups is 1. The minimum Gasteiger partial charge on any atom is -0.861 e. The number of unbranched alkanes of at least 4 members (excludes halogenated alkanes) is 2. The van der Waals surface area contributed by atoms with Crippen LogP contribution in [0.25, 0.3) is 0 Å². The summed E-state index contributed by atoms with van der Waals surface area (Å²) in [4.78, 5) is 104. The van der Waals surface area contributed by atoms with Crippen LogP contribution < -0.4 is 32.0 Å². The third kappa shape index (κ3) is 21.4. The summed E-state index contributed by atoms with van der Waals surface area (Å²) >= 11 is 8.61. The monoisotopic (exact) mass is 803 g/mol. The van der Waals surface area contributed by atoms with Gasteiger partial charge in [0.2, 0.25) is 34.7 Å². The number of nitrogens with zero attached hydrogens (tertiary/aromatic N) is 3. The van der Waals surface area contributed by atoms with Crippen LogP contribution in [0.5, 0.6) is 0 Å². The van der Waals surface area contributed by atoms with Crippen LogP contribution in [0.3, 0.4) is 0 Å². The van der Waals surface area contributed by atoms with Crippen LogP contribution in [0.15, 0.2) is 17.3 Å². The van der Waals surface area contributed by atoms with Crippen LogP contribution in [0, 0.1) is 0 Å². The summed E-state index contributed by atoms with van der Waals surface area (Å²) in [5.41, 5.74) is 7.16. The molecule has 1 saturated heterocycles. The molecule has 18 nitrogen and oxygen atoms in total. The van der Waals surface area contributed by atoms with Crippen molar-refractivity contribution in [1.82, 2.24) is 36.7 Å². The number of imide groups is 2. The van der Waals surface area contributed by atoms with Gasteiger partial charge >= 0.3 is 0 Å². The quantitative estimate of drug-likeness (QED) is 0.0134. The van der Waals surface area contributed by atoms with Crippen molar-refractivity contribution in [2.45, 2.75) is 90.0 Å². The fourth-order valence-corrected chi connectivity index (χ4v) is 5.50. The number of likely N-dealkylation sites (tertiary alicyclic amines) is 1. The average molecular weight is 804 g/mol. The van der Waals surface area contributed by atoms with E-state index in [1.165, 1.54) is 26.0 Å². The van der Waals surface area contributed by atoms with Crippen LogP contribution in [0.2, 0.25) is 0 Å². The van der Waals surface area contributed by atoms with Gasteiger partial charge in [0.15, 0.2) is 0 Å². The predicted molar refractivity (Wildman–Crippen MR) is 203 cm³/mol. The van der Waals surface area contributed by atoms with E-state index in [0.29, 0.717) is 25.1 Å². The number of thioether (sulfide) groups is 1. The Morgan fingerprint density at radius 3 is 1.89 bits per heavy atom. The van der Waals surface area contributed by atoms with Gasteiger partial charge in [-0.3, -0.25) is 59.0 Å². The zero-order valence-corrected chi connectivity index (χ0v) is 33.0. The Balaban J connectivity index is 0.000000874. The second-order valence-electron chi connectivity index (χ2n) is 11.3. The molecule has 2 unspecified atom stereocenters. The van der Waals surface area contributed by atoms with E-state index >= 15 is 0 Å². The van der Waals surface area contributed by atoms with Crippen molar-refractivity contribution in [3.05, 3.63) is 12.2 Å². The first-order chi connectivity index (χ1) is 25.1. The molecule has 0 aromatic rings. The highest BCUT2D eigenvalue weighted by Gasteiger charge is 2.41. The first kappa shape index (κ1) is 49.0. The molecule has 298 valence electrons. The maximum Gasteiger partial charge on any atom is 0.253 e. The predicted octanol–water partition coefficient (Wildman–Crippen LogP) is -1.40. The Morgan fingerprint density at radius 1 is 0.925 bits per heavy atom. The Bertz CT molecular complexity index is 1310. The molecule has 0 aliphatic carbocycles. The number of amides is 7. The van der Waals surface area contributed by atoms with Crippen LogP contribution in [-0.4, -0.2) is 123 Å². The number of rotatable bonds is 21. The Labute approximate surface area is 324 Å². The van der Waals surface area contributed by atoms with Gasteiger partial charge in [0.1, 0.15) is 17.6 Å². The molecule has 0 aromatic carbocycles. The summed E-state index contributed by atoms with van der Waals surface area (Å²) in [6.07, 6.45) is 7.01. The first-order valence-corrected chi connectivity index (χ1v) is 19.1. The molecule has 1 fully saturated rings. The molecule has 2 aliphatic rings. The summed E-state index contributed by atoms with van der Waals surface area (Å²) in [5.74, 6) is -2.19. The van der Waals surface area contributed by atoms with Gasteiger partial charge in [-0.2, -0.15) is 25.3 Å². The van der Waals surface area contributed by atoms with Gasteiger partial charge in [0.05, 0.1) is 6.04 Å². The number of carbonyl (C=O) groups excluding carboxylic acids is 9. The summed E-state index contributed by atoms with van der Waals surface area (Å²) in [6, 6.07) is -1.25. The number of hydrogen-bond donors (Lipinski definition) is 7. The molecule has 53 heavy (non-hydrogen) atoms. The number of thiol groups is 2. The third-order valence-electron chi connectivity index (χ3n) is 6.83. The summed E-state index contributed by atoms with van der Waals surface area (Å²) < 4.78 is 0. The molecule has 0 aromatic heterocycles. The molecule has 0 saturated carbocycles. The minimum absolute atomic E-state index is 0.00517. The van der Waals surface area contributed by atoms with Crippen molar-refractivity contribution < 1.29 is 48.3 Å². The number of carbonyl (C=O) groups is 9. The smallest absolute Gasteiger partial charge is 0.253 e. The van der Waals surface area contributed by atoms with Gasteiger partial charge in [-0.05, 0) is 25.7 Å². The second kappa shape index (κ2) is 28.5. The van der Waals surface area contributed by atoms with E-state index in [0.717, 1.165) is 47.2 Å². The lowest BCUT2D eigenvalue weighted by Crippen LogP contribution is -2.45. The van der Waals surface area contributed by atoms with Gasteiger partial charge in [0.25, 0.3) is 11.8 Å². The van der Waals surface area contributed by atoms with E-state index in [1.54, 1.807) is 0 Å². The number of aldehydes is 1. The van der Waals surface area contributed by atoms with E-state index in [1.807, 2.05) is 13.8 Å². The first-order valence-electron chi connectivity index (χ1n) is 16.9. The summed E-state index contributed by atoms with van der Waals surface area (Å²) in [5, 5.41) is 18.5. The van der Waals surface area contributed by atoms with Crippen LogP contribution >= 0.6 is 37.0 Å². The highest BCUT2D eigenvalue weighted by Crippen LogP contribution is 2.27. The van der Waals surface area contributed by atoms with Crippen molar-refractivity contribution in [1.29, 1.82) is 0 Å². The molecular formula is C32H51N8O10S3-. The Morgan fingerprint density at radius 2 is 1.45 bits per heavy atom. The lowest BCUT2D eigenvalue weighted by Gasteiger charge is -2.17. The van der Waals surface area contributed by atoms with Crippen molar-refractivity contribution in [3.8, 4) is 0 Å². The number of nitrogens with one attached hydrogen (secondary N) is 5. The maximum atomic E-state index is 12.4. The van der Waals surface area contributed by atoms with Gasteiger partial charge in [-0.1, -0.05) is 38.5 Å². The van der Waals surface area contributed by atoms with Gasteiger partial charge in [-0.25, -0.2) is 10.5 Å². The number of hydrazone groups is 1. The van der Waals surface area contributed by atoms with Crippen molar-refractivity contribution in [2.75, 3.05) is 37.7 Å². The van der Waals surface area contributed by atoms with Crippen molar-refractivity contribution >= 4 is 95.7 Å². The molecule has 5 N–H and O–H groups in total. The highest BCUT2D eigenvalue weighted by atomic mass is 32.2. The molecule has 0 bridgehead atoms. The Hall–Kier alpha value is -3.95. The topological polar surface area (TPSA) is 256 Å². The molecular weight excluding hydrogens is 753 g/mol. The fraction of sp³-hybridized carbons (Fsp3) is 0.625. The molecule has 0 spiro atoms.